The first-order valence-corrected chi connectivity index (χ1v) is 7.94. The number of fused-ring (bicyclic) bond motifs is 3. The lowest BCUT2D eigenvalue weighted by Gasteiger charge is -2.08. The highest BCUT2D eigenvalue weighted by molar-refractivity contribution is 6.09. The Morgan fingerprint density at radius 2 is 1.42 bits per heavy atom. The van der Waals surface area contributed by atoms with Gasteiger partial charge in [-0.05, 0) is 36.2 Å². The van der Waals surface area contributed by atoms with Crippen molar-refractivity contribution in [1.29, 1.82) is 0 Å². The van der Waals surface area contributed by atoms with Crippen molar-refractivity contribution in [3.8, 4) is 0 Å². The molecule has 0 radical (unpaired) electrons. The van der Waals surface area contributed by atoms with E-state index in [-0.39, 0.29) is 0 Å². The quantitative estimate of drug-likeness (QED) is 0.498. The van der Waals surface area contributed by atoms with Gasteiger partial charge in [0.25, 0.3) is 0 Å². The van der Waals surface area contributed by atoms with Gasteiger partial charge < -0.3 is 8.83 Å². The number of nitrogens with zero attached hydrogens (tertiary/aromatic N) is 1. The number of benzene rings is 2. The van der Waals surface area contributed by atoms with E-state index < -0.39 is 11.3 Å². The fourth-order valence-corrected chi connectivity index (χ4v) is 3.56. The molecule has 0 saturated heterocycles. The molecule has 0 aliphatic carbocycles. The van der Waals surface area contributed by atoms with Crippen molar-refractivity contribution >= 4 is 38.5 Å². The van der Waals surface area contributed by atoms with E-state index in [9.17, 15) is 9.59 Å². The van der Waals surface area contributed by atoms with Crippen molar-refractivity contribution < 1.29 is 8.83 Å². The van der Waals surface area contributed by atoms with Crippen molar-refractivity contribution in [2.45, 2.75) is 19.8 Å². The molecular weight excluding hydrogens is 306 g/mol. The van der Waals surface area contributed by atoms with Crippen LogP contribution in [0, 0.1) is 0 Å². The van der Waals surface area contributed by atoms with E-state index >= 15 is 0 Å². The molecule has 0 aliphatic rings. The highest BCUT2D eigenvalue weighted by Gasteiger charge is 2.21. The molecule has 5 aromatic rings. The second-order valence-electron chi connectivity index (χ2n) is 6.06. The maximum atomic E-state index is 12.6. The van der Waals surface area contributed by atoms with Crippen molar-refractivity contribution in [3.63, 3.8) is 0 Å². The summed E-state index contributed by atoms with van der Waals surface area (Å²) >= 11 is 0. The minimum atomic E-state index is -0.429. The number of aryl methyl sites for hydroxylation is 1. The van der Waals surface area contributed by atoms with Gasteiger partial charge in [-0.2, -0.15) is 0 Å². The molecule has 2 aromatic carbocycles. The third-order valence-corrected chi connectivity index (χ3v) is 4.54. The third-order valence-electron chi connectivity index (χ3n) is 4.54. The van der Waals surface area contributed by atoms with Crippen LogP contribution in [0.15, 0.2) is 54.8 Å². The maximum absolute atomic E-state index is 12.6. The van der Waals surface area contributed by atoms with Crippen LogP contribution < -0.4 is 11.3 Å². The predicted octanol–water partition coefficient (Wildman–Crippen LogP) is 3.70. The minimum Gasteiger partial charge on any atom is -0.404 e. The second kappa shape index (κ2) is 4.47. The summed E-state index contributed by atoms with van der Waals surface area (Å²) in [5.74, 6) is 0. The second-order valence-corrected chi connectivity index (χ2v) is 6.06. The Hall–Kier alpha value is -3.08. The molecule has 0 bridgehead atoms. The first-order valence-electron chi connectivity index (χ1n) is 7.94. The standard InChI is InChI=1S/C19H13NO4/c1-2-5-10-8-13-15-14(9-10)19(22)24-17-12-7-4-3-6-11(12)16(20(15)17)23-18(13)21/h3-4,6-9H,2,5H2,1H3. The molecule has 0 spiro atoms. The third kappa shape index (κ3) is 1.53. The fraction of sp³-hybridized carbons (Fsp3) is 0.158. The van der Waals surface area contributed by atoms with Gasteiger partial charge >= 0.3 is 11.3 Å². The topological polar surface area (TPSA) is 64.8 Å². The molecule has 118 valence electrons. The van der Waals surface area contributed by atoms with Crippen LogP contribution in [0.5, 0.6) is 0 Å². The number of rotatable bonds is 2. The van der Waals surface area contributed by atoms with Crippen LogP contribution in [0.4, 0.5) is 0 Å². The fourth-order valence-electron chi connectivity index (χ4n) is 3.56. The zero-order chi connectivity index (χ0) is 16.4. The van der Waals surface area contributed by atoms with Gasteiger partial charge in [0.1, 0.15) is 0 Å². The van der Waals surface area contributed by atoms with Gasteiger partial charge in [-0.25, -0.2) is 14.0 Å². The number of hydrogen-bond donors (Lipinski definition) is 0. The molecule has 5 heteroatoms. The molecule has 5 nitrogen and oxygen atoms in total. The van der Waals surface area contributed by atoms with Crippen LogP contribution in [0.2, 0.25) is 0 Å². The van der Waals surface area contributed by atoms with Crippen LogP contribution in [-0.4, -0.2) is 4.40 Å². The molecule has 3 heterocycles. The molecule has 0 unspecified atom stereocenters. The molecule has 0 N–H and O–H groups in total. The van der Waals surface area contributed by atoms with Gasteiger partial charge in [0.05, 0.1) is 16.3 Å². The molecule has 0 aliphatic heterocycles. The maximum Gasteiger partial charge on any atom is 0.347 e. The lowest BCUT2D eigenvalue weighted by Crippen LogP contribution is -2.11. The molecule has 0 fully saturated rings. The highest BCUT2D eigenvalue weighted by atomic mass is 16.4. The SMILES string of the molecule is CCCc1cc2c(=O)oc3c4ccccc4c4oc(=O)c(c1)c2n34. The number of aromatic nitrogens is 1. The Kier molecular flexibility index (Phi) is 2.49. The van der Waals surface area contributed by atoms with Gasteiger partial charge in [0, 0.05) is 10.8 Å². The van der Waals surface area contributed by atoms with Gasteiger partial charge in [0.2, 0.25) is 11.4 Å². The van der Waals surface area contributed by atoms with E-state index in [1.54, 1.807) is 4.40 Å². The summed E-state index contributed by atoms with van der Waals surface area (Å²) in [6, 6.07) is 11.1. The Balaban J connectivity index is 2.17. The van der Waals surface area contributed by atoms with E-state index in [0.717, 1.165) is 29.2 Å². The van der Waals surface area contributed by atoms with Crippen LogP contribution in [0.3, 0.4) is 0 Å². The van der Waals surface area contributed by atoms with Gasteiger partial charge in [0.15, 0.2) is 0 Å². The predicted molar refractivity (Wildman–Crippen MR) is 92.2 cm³/mol. The highest BCUT2D eigenvalue weighted by Crippen LogP contribution is 2.32. The molecule has 0 saturated carbocycles. The summed E-state index contributed by atoms with van der Waals surface area (Å²) < 4.78 is 12.9. The Labute approximate surface area is 135 Å². The van der Waals surface area contributed by atoms with Gasteiger partial charge in [-0.1, -0.05) is 25.5 Å². The summed E-state index contributed by atoms with van der Waals surface area (Å²) in [6.45, 7) is 2.05. The molecule has 3 aromatic heterocycles. The van der Waals surface area contributed by atoms with Crippen LogP contribution in [0.1, 0.15) is 18.9 Å². The van der Waals surface area contributed by atoms with E-state index in [1.807, 2.05) is 36.4 Å². The Morgan fingerprint density at radius 3 is 1.92 bits per heavy atom. The monoisotopic (exact) mass is 319 g/mol. The normalized spacial score (nSPS) is 12.2. The van der Waals surface area contributed by atoms with Crippen LogP contribution in [0.25, 0.3) is 38.5 Å². The smallest absolute Gasteiger partial charge is 0.347 e. The van der Waals surface area contributed by atoms with E-state index in [4.69, 9.17) is 8.83 Å². The lowest BCUT2D eigenvalue weighted by molar-refractivity contribution is 0.527. The summed E-state index contributed by atoms with van der Waals surface area (Å²) in [7, 11) is 0. The van der Waals surface area contributed by atoms with Crippen molar-refractivity contribution in [2.75, 3.05) is 0 Å². The average Bonchev–Trinajstić information content (AvgIpc) is 2.89. The molecular formula is C19H13NO4. The zero-order valence-electron chi connectivity index (χ0n) is 13.0. The molecule has 0 atom stereocenters. The average molecular weight is 319 g/mol. The first-order chi connectivity index (χ1) is 11.7. The van der Waals surface area contributed by atoms with Gasteiger partial charge in [-0.15, -0.1) is 0 Å². The Bertz CT molecular complexity index is 1260. The number of hydrogen-bond acceptors (Lipinski definition) is 4. The summed E-state index contributed by atoms with van der Waals surface area (Å²) in [5, 5.41) is 2.35. The molecule has 0 amide bonds. The van der Waals surface area contributed by atoms with Crippen molar-refractivity contribution in [3.05, 3.63) is 62.8 Å². The zero-order valence-corrected chi connectivity index (χ0v) is 13.0. The van der Waals surface area contributed by atoms with E-state index in [1.165, 1.54) is 0 Å². The summed E-state index contributed by atoms with van der Waals surface area (Å²) in [6.07, 6.45) is 1.71. The summed E-state index contributed by atoms with van der Waals surface area (Å²) in [5.41, 5.74) is 1.47. The van der Waals surface area contributed by atoms with Crippen LogP contribution >= 0.6 is 0 Å². The van der Waals surface area contributed by atoms with Gasteiger partial charge in [-0.3, -0.25) is 0 Å². The Morgan fingerprint density at radius 1 is 0.875 bits per heavy atom. The minimum absolute atomic E-state index is 0.412. The molecule has 5 rings (SSSR count). The lowest BCUT2D eigenvalue weighted by atomic mass is 10.1. The van der Waals surface area contributed by atoms with E-state index in [2.05, 4.69) is 6.92 Å². The summed E-state index contributed by atoms with van der Waals surface area (Å²) in [4.78, 5) is 25.1. The first kappa shape index (κ1) is 13.4. The van der Waals surface area contributed by atoms with Crippen LogP contribution in [-0.2, 0) is 6.42 Å². The van der Waals surface area contributed by atoms with Crippen molar-refractivity contribution in [1.82, 2.24) is 4.40 Å². The largest absolute Gasteiger partial charge is 0.404 e. The molecule has 24 heavy (non-hydrogen) atoms. The van der Waals surface area contributed by atoms with Crippen molar-refractivity contribution in [2.24, 2.45) is 0 Å². The van der Waals surface area contributed by atoms with E-state index in [0.29, 0.717) is 27.7 Å².